The van der Waals surface area contributed by atoms with E-state index in [0.29, 0.717) is 0 Å². The number of halogens is 1. The Morgan fingerprint density at radius 2 is 1.57 bits per heavy atom. The number of fused-ring (bicyclic) bond motifs is 1. The highest BCUT2D eigenvalue weighted by atomic mass is 35.5. The summed E-state index contributed by atoms with van der Waals surface area (Å²) in [7, 11) is 1.72. The predicted octanol–water partition coefficient (Wildman–Crippen LogP) is 6.12. The third-order valence-electron chi connectivity index (χ3n) is 4.13. The Hall–Kier alpha value is -1.41. The third kappa shape index (κ3) is 5.04. The molecule has 0 bridgehead atoms. The van der Waals surface area contributed by atoms with Gasteiger partial charge in [0.2, 0.25) is 0 Å². The van der Waals surface area contributed by atoms with E-state index < -0.39 is 0 Å². The average Bonchev–Trinajstić information content (AvgIpc) is 2.57. The van der Waals surface area contributed by atoms with E-state index in [4.69, 9.17) is 21.1 Å². The minimum absolute atomic E-state index is 0.769. The van der Waals surface area contributed by atoms with Crippen molar-refractivity contribution in [1.82, 2.24) is 0 Å². The van der Waals surface area contributed by atoms with E-state index in [9.17, 15) is 0 Å². The average molecular weight is 335 g/mol. The SMILES string of the molecule is COc1c(C)cc(OCCCCCCCCCl)c2ccccc12. The molecule has 0 N–H and O–H groups in total. The first kappa shape index (κ1) is 17.9. The molecule has 0 aliphatic rings. The summed E-state index contributed by atoms with van der Waals surface area (Å²) in [5.74, 6) is 2.68. The van der Waals surface area contributed by atoms with E-state index in [1.54, 1.807) is 7.11 Å². The fourth-order valence-electron chi connectivity index (χ4n) is 2.92. The molecule has 0 atom stereocenters. The van der Waals surface area contributed by atoms with Gasteiger partial charge in [-0.2, -0.15) is 0 Å². The maximum Gasteiger partial charge on any atom is 0.129 e. The number of hydrogen-bond acceptors (Lipinski definition) is 2. The Kier molecular flexibility index (Phi) is 7.54. The van der Waals surface area contributed by atoms with Gasteiger partial charge in [-0.1, -0.05) is 49.9 Å². The molecule has 0 heterocycles. The molecular weight excluding hydrogens is 308 g/mol. The highest BCUT2D eigenvalue weighted by Crippen LogP contribution is 2.36. The molecule has 3 heteroatoms. The highest BCUT2D eigenvalue weighted by Gasteiger charge is 2.10. The van der Waals surface area contributed by atoms with Crippen LogP contribution in [0, 0.1) is 6.92 Å². The molecule has 0 fully saturated rings. The quantitative estimate of drug-likeness (QED) is 0.385. The van der Waals surface area contributed by atoms with Crippen molar-refractivity contribution in [2.75, 3.05) is 19.6 Å². The number of ether oxygens (including phenoxy) is 2. The molecule has 2 aromatic rings. The summed E-state index contributed by atoms with van der Waals surface area (Å²) in [6, 6.07) is 10.3. The first-order chi connectivity index (χ1) is 11.3. The number of benzene rings is 2. The molecule has 126 valence electrons. The predicted molar refractivity (Wildman–Crippen MR) is 99.2 cm³/mol. The van der Waals surface area contributed by atoms with Gasteiger partial charge in [-0.3, -0.25) is 0 Å². The second kappa shape index (κ2) is 9.67. The Morgan fingerprint density at radius 3 is 2.26 bits per heavy atom. The van der Waals surface area contributed by atoms with Crippen LogP contribution < -0.4 is 9.47 Å². The largest absolute Gasteiger partial charge is 0.496 e. The zero-order valence-corrected chi connectivity index (χ0v) is 15.0. The summed E-state index contributed by atoms with van der Waals surface area (Å²) in [6.45, 7) is 2.83. The fourth-order valence-corrected chi connectivity index (χ4v) is 3.11. The molecule has 2 aromatic carbocycles. The van der Waals surface area contributed by atoms with E-state index in [1.165, 1.54) is 25.7 Å². The molecule has 0 radical (unpaired) electrons. The third-order valence-corrected chi connectivity index (χ3v) is 4.40. The van der Waals surface area contributed by atoms with E-state index in [1.807, 2.05) is 12.1 Å². The molecular formula is C20H27ClO2. The van der Waals surface area contributed by atoms with Crippen molar-refractivity contribution in [3.63, 3.8) is 0 Å². The van der Waals surface area contributed by atoms with Crippen LogP contribution in [0.2, 0.25) is 0 Å². The van der Waals surface area contributed by atoms with Gasteiger partial charge in [0, 0.05) is 16.7 Å². The van der Waals surface area contributed by atoms with E-state index in [-0.39, 0.29) is 0 Å². The van der Waals surface area contributed by atoms with Gasteiger partial charge < -0.3 is 9.47 Å². The zero-order valence-electron chi connectivity index (χ0n) is 14.2. The van der Waals surface area contributed by atoms with Crippen molar-refractivity contribution in [3.8, 4) is 11.5 Å². The van der Waals surface area contributed by atoms with Crippen LogP contribution in [0.25, 0.3) is 10.8 Å². The lowest BCUT2D eigenvalue weighted by atomic mass is 10.0. The zero-order chi connectivity index (χ0) is 16.5. The molecule has 2 rings (SSSR count). The summed E-state index contributed by atoms with van der Waals surface area (Å²) in [5.41, 5.74) is 1.11. The summed E-state index contributed by atoms with van der Waals surface area (Å²) in [5, 5.41) is 2.24. The van der Waals surface area contributed by atoms with Crippen LogP contribution in [0.15, 0.2) is 30.3 Å². The Balaban J connectivity index is 1.91. The highest BCUT2D eigenvalue weighted by molar-refractivity contribution is 6.17. The minimum Gasteiger partial charge on any atom is -0.496 e. The van der Waals surface area contributed by atoms with Crippen LogP contribution in [-0.2, 0) is 0 Å². The van der Waals surface area contributed by atoms with Crippen molar-refractivity contribution in [1.29, 1.82) is 0 Å². The van der Waals surface area contributed by atoms with Gasteiger partial charge in [0.1, 0.15) is 11.5 Å². The molecule has 0 unspecified atom stereocenters. The monoisotopic (exact) mass is 334 g/mol. The summed E-state index contributed by atoms with van der Waals surface area (Å²) >= 11 is 5.69. The van der Waals surface area contributed by atoms with Crippen LogP contribution in [-0.4, -0.2) is 19.6 Å². The first-order valence-corrected chi connectivity index (χ1v) is 9.06. The van der Waals surface area contributed by atoms with Gasteiger partial charge in [-0.05, 0) is 31.4 Å². The fraction of sp³-hybridized carbons (Fsp3) is 0.500. The Bertz CT molecular complexity index is 610. The summed E-state index contributed by atoms with van der Waals surface area (Å²) < 4.78 is 11.6. The van der Waals surface area contributed by atoms with Crippen LogP contribution in [0.4, 0.5) is 0 Å². The normalized spacial score (nSPS) is 10.9. The second-order valence-electron chi connectivity index (χ2n) is 5.93. The van der Waals surface area contributed by atoms with Crippen molar-refractivity contribution in [2.45, 2.75) is 45.4 Å². The van der Waals surface area contributed by atoms with Crippen molar-refractivity contribution in [3.05, 3.63) is 35.9 Å². The van der Waals surface area contributed by atoms with Gasteiger partial charge in [-0.15, -0.1) is 11.6 Å². The number of hydrogen-bond donors (Lipinski definition) is 0. The maximum absolute atomic E-state index is 6.05. The van der Waals surface area contributed by atoms with Gasteiger partial charge in [-0.25, -0.2) is 0 Å². The minimum atomic E-state index is 0.769. The van der Waals surface area contributed by atoms with E-state index in [2.05, 4.69) is 25.1 Å². The number of alkyl halides is 1. The summed E-state index contributed by atoms with van der Waals surface area (Å²) in [4.78, 5) is 0. The second-order valence-corrected chi connectivity index (χ2v) is 6.31. The number of methoxy groups -OCH3 is 1. The lowest BCUT2D eigenvalue weighted by Crippen LogP contribution is -1.99. The number of aryl methyl sites for hydroxylation is 1. The van der Waals surface area contributed by atoms with E-state index >= 15 is 0 Å². The topological polar surface area (TPSA) is 18.5 Å². The number of rotatable bonds is 10. The molecule has 0 saturated carbocycles. The molecule has 0 saturated heterocycles. The first-order valence-electron chi connectivity index (χ1n) is 8.53. The standard InChI is InChI=1S/C20H27ClO2/c1-16-15-19(23-14-10-6-4-3-5-9-13-21)17-11-7-8-12-18(17)20(16)22-2/h7-8,11-12,15H,3-6,9-10,13-14H2,1-2H3. The Labute approximate surface area is 144 Å². The molecule has 0 aliphatic heterocycles. The Morgan fingerprint density at radius 1 is 0.913 bits per heavy atom. The molecule has 2 nitrogen and oxygen atoms in total. The lowest BCUT2D eigenvalue weighted by Gasteiger charge is -2.14. The van der Waals surface area contributed by atoms with Crippen LogP contribution in [0.5, 0.6) is 11.5 Å². The smallest absolute Gasteiger partial charge is 0.129 e. The van der Waals surface area contributed by atoms with Gasteiger partial charge in [0.15, 0.2) is 0 Å². The van der Waals surface area contributed by atoms with E-state index in [0.717, 1.165) is 53.2 Å². The molecule has 0 aromatic heterocycles. The molecule has 23 heavy (non-hydrogen) atoms. The van der Waals surface area contributed by atoms with Crippen molar-refractivity contribution in [2.24, 2.45) is 0 Å². The van der Waals surface area contributed by atoms with Crippen LogP contribution in [0.1, 0.15) is 44.1 Å². The van der Waals surface area contributed by atoms with Gasteiger partial charge in [0.05, 0.1) is 13.7 Å². The van der Waals surface area contributed by atoms with Gasteiger partial charge in [0.25, 0.3) is 0 Å². The van der Waals surface area contributed by atoms with Crippen molar-refractivity contribution >= 4 is 22.4 Å². The van der Waals surface area contributed by atoms with Gasteiger partial charge >= 0.3 is 0 Å². The number of unbranched alkanes of at least 4 members (excludes halogenated alkanes) is 5. The molecule has 0 amide bonds. The van der Waals surface area contributed by atoms with Crippen LogP contribution in [0.3, 0.4) is 0 Å². The molecule has 0 aliphatic carbocycles. The summed E-state index contributed by atoms with van der Waals surface area (Å²) in [6.07, 6.45) is 7.23. The lowest BCUT2D eigenvalue weighted by molar-refractivity contribution is 0.307. The van der Waals surface area contributed by atoms with Crippen molar-refractivity contribution < 1.29 is 9.47 Å². The molecule has 0 spiro atoms. The van der Waals surface area contributed by atoms with Crippen LogP contribution >= 0.6 is 11.6 Å². The maximum atomic E-state index is 6.05.